The number of hydrogen-bond donors (Lipinski definition) is 1. The van der Waals surface area contributed by atoms with Crippen LogP contribution in [0.2, 0.25) is 0 Å². The number of carbonyl (C=O) groups is 2. The van der Waals surface area contributed by atoms with Crippen molar-refractivity contribution in [1.82, 2.24) is 5.32 Å². The highest BCUT2D eigenvalue weighted by Gasteiger charge is 1.97. The summed E-state index contributed by atoms with van der Waals surface area (Å²) >= 11 is 0. The molecule has 0 saturated carbocycles. The molecular weight excluding hydrogens is 202 g/mol. The molecule has 0 spiro atoms. The highest BCUT2D eigenvalue weighted by molar-refractivity contribution is 5.83. The fourth-order valence-electron chi connectivity index (χ4n) is 1.38. The van der Waals surface area contributed by atoms with Gasteiger partial charge in [-0.25, -0.2) is 0 Å². The minimum absolute atomic E-state index is 0.526. The van der Waals surface area contributed by atoms with E-state index in [0.29, 0.717) is 11.1 Å². The Morgan fingerprint density at radius 3 is 2.12 bits per heavy atom. The molecule has 0 atom stereocenters. The zero-order chi connectivity index (χ0) is 11.8. The van der Waals surface area contributed by atoms with Gasteiger partial charge in [-0.05, 0) is 43.8 Å². The molecular formula is C13H15NO2. The summed E-state index contributed by atoms with van der Waals surface area (Å²) in [6.45, 7) is 0.907. The van der Waals surface area contributed by atoms with E-state index >= 15 is 0 Å². The maximum atomic E-state index is 10.7. The van der Waals surface area contributed by atoms with Crippen LogP contribution in [0, 0.1) is 0 Å². The second-order valence-electron chi connectivity index (χ2n) is 3.46. The predicted octanol–water partition coefficient (Wildman–Crippen LogP) is 1.93. The molecule has 0 aliphatic rings. The molecule has 0 aliphatic carbocycles. The van der Waals surface area contributed by atoms with E-state index in [0.717, 1.165) is 31.1 Å². The highest BCUT2D eigenvalue weighted by Crippen LogP contribution is 2.09. The van der Waals surface area contributed by atoms with Crippen molar-refractivity contribution in [2.75, 3.05) is 13.6 Å². The monoisotopic (exact) mass is 217 g/mol. The Kier molecular flexibility index (Phi) is 5.16. The summed E-state index contributed by atoms with van der Waals surface area (Å²) in [4.78, 5) is 21.3. The van der Waals surface area contributed by atoms with E-state index in [1.165, 1.54) is 0 Å². The Bertz CT molecular complexity index is 371. The molecule has 0 amide bonds. The van der Waals surface area contributed by atoms with Gasteiger partial charge < -0.3 is 5.32 Å². The van der Waals surface area contributed by atoms with Crippen molar-refractivity contribution in [2.24, 2.45) is 0 Å². The first-order chi connectivity index (χ1) is 7.80. The summed E-state index contributed by atoms with van der Waals surface area (Å²) < 4.78 is 0. The van der Waals surface area contributed by atoms with E-state index in [2.05, 4.69) is 5.32 Å². The molecule has 0 saturated heterocycles. The van der Waals surface area contributed by atoms with Crippen LogP contribution >= 0.6 is 0 Å². The van der Waals surface area contributed by atoms with Gasteiger partial charge in [-0.15, -0.1) is 0 Å². The van der Waals surface area contributed by atoms with Gasteiger partial charge >= 0.3 is 0 Å². The van der Waals surface area contributed by atoms with Crippen molar-refractivity contribution < 1.29 is 9.59 Å². The van der Waals surface area contributed by atoms with Gasteiger partial charge in [0, 0.05) is 11.1 Å². The number of benzene rings is 1. The van der Waals surface area contributed by atoms with Gasteiger partial charge in [-0.3, -0.25) is 9.59 Å². The number of aldehydes is 2. The number of carbonyl (C=O) groups excluding carboxylic acids is 2. The predicted molar refractivity (Wildman–Crippen MR) is 64.8 cm³/mol. The third-order valence-corrected chi connectivity index (χ3v) is 2.14. The topological polar surface area (TPSA) is 46.2 Å². The lowest BCUT2D eigenvalue weighted by Crippen LogP contribution is -2.05. The van der Waals surface area contributed by atoms with Crippen LogP contribution in [0.4, 0.5) is 0 Å². The van der Waals surface area contributed by atoms with Crippen LogP contribution in [-0.4, -0.2) is 26.2 Å². The maximum absolute atomic E-state index is 10.7. The molecule has 0 unspecified atom stereocenters. The zero-order valence-electron chi connectivity index (χ0n) is 9.27. The molecule has 3 heteroatoms. The van der Waals surface area contributed by atoms with E-state index in [4.69, 9.17) is 0 Å². The first kappa shape index (κ1) is 12.3. The van der Waals surface area contributed by atoms with Crippen LogP contribution in [0.5, 0.6) is 0 Å². The summed E-state index contributed by atoms with van der Waals surface area (Å²) in [5.41, 5.74) is 1.93. The standard InChI is InChI=1S/C13H15NO2/c1-14-5-3-2-4-11-6-12(9-15)8-13(7-11)10-16/h2,4,6-10,14H,3,5H2,1H3. The van der Waals surface area contributed by atoms with E-state index in [1.807, 2.05) is 19.2 Å². The Hall–Kier alpha value is -1.74. The summed E-state index contributed by atoms with van der Waals surface area (Å²) in [7, 11) is 1.89. The van der Waals surface area contributed by atoms with Crippen LogP contribution in [0.25, 0.3) is 6.08 Å². The number of hydrogen-bond acceptors (Lipinski definition) is 3. The molecule has 84 valence electrons. The Balaban J connectivity index is 2.82. The number of nitrogens with one attached hydrogen (secondary N) is 1. The second kappa shape index (κ2) is 6.69. The van der Waals surface area contributed by atoms with Crippen molar-refractivity contribution in [3.05, 3.63) is 41.0 Å². The van der Waals surface area contributed by atoms with Gasteiger partial charge in [0.15, 0.2) is 0 Å². The quantitative estimate of drug-likeness (QED) is 0.585. The first-order valence-corrected chi connectivity index (χ1v) is 5.16. The zero-order valence-corrected chi connectivity index (χ0v) is 9.27. The molecule has 1 aromatic carbocycles. The highest BCUT2D eigenvalue weighted by atomic mass is 16.1. The molecule has 1 aromatic rings. The third-order valence-electron chi connectivity index (χ3n) is 2.14. The lowest BCUT2D eigenvalue weighted by Gasteiger charge is -1.98. The van der Waals surface area contributed by atoms with E-state index in [-0.39, 0.29) is 0 Å². The normalized spacial score (nSPS) is 10.6. The first-order valence-electron chi connectivity index (χ1n) is 5.16. The third kappa shape index (κ3) is 3.79. The van der Waals surface area contributed by atoms with Crippen LogP contribution in [-0.2, 0) is 0 Å². The van der Waals surface area contributed by atoms with Crippen molar-refractivity contribution in [3.63, 3.8) is 0 Å². The fourth-order valence-corrected chi connectivity index (χ4v) is 1.38. The lowest BCUT2D eigenvalue weighted by molar-refractivity contribution is 0.112. The Morgan fingerprint density at radius 2 is 1.62 bits per heavy atom. The molecule has 0 aliphatic heterocycles. The fraction of sp³-hybridized carbons (Fsp3) is 0.231. The molecule has 0 heterocycles. The van der Waals surface area contributed by atoms with Crippen LogP contribution in [0.3, 0.4) is 0 Å². The average molecular weight is 217 g/mol. The SMILES string of the molecule is CNCCC=Cc1cc(C=O)cc(C=O)c1. The van der Waals surface area contributed by atoms with Crippen molar-refractivity contribution in [1.29, 1.82) is 0 Å². The molecule has 0 fully saturated rings. The van der Waals surface area contributed by atoms with E-state index < -0.39 is 0 Å². The van der Waals surface area contributed by atoms with Crippen molar-refractivity contribution in [2.45, 2.75) is 6.42 Å². The summed E-state index contributed by atoms with van der Waals surface area (Å²) in [5.74, 6) is 0. The minimum atomic E-state index is 0.526. The summed E-state index contributed by atoms with van der Waals surface area (Å²) in [6.07, 6.45) is 6.33. The van der Waals surface area contributed by atoms with Crippen molar-refractivity contribution in [3.8, 4) is 0 Å². The minimum Gasteiger partial charge on any atom is -0.319 e. The van der Waals surface area contributed by atoms with E-state index in [1.54, 1.807) is 18.2 Å². The Labute approximate surface area is 95.2 Å². The lowest BCUT2D eigenvalue weighted by atomic mass is 10.1. The Morgan fingerprint density at radius 1 is 1.06 bits per heavy atom. The van der Waals surface area contributed by atoms with Crippen molar-refractivity contribution >= 4 is 18.6 Å². The second-order valence-corrected chi connectivity index (χ2v) is 3.46. The van der Waals surface area contributed by atoms with E-state index in [9.17, 15) is 9.59 Å². The molecule has 0 radical (unpaired) electrons. The van der Waals surface area contributed by atoms with Gasteiger partial charge in [-0.2, -0.15) is 0 Å². The van der Waals surface area contributed by atoms with Crippen LogP contribution in [0.15, 0.2) is 24.3 Å². The van der Waals surface area contributed by atoms with Gasteiger partial charge in [0.25, 0.3) is 0 Å². The maximum Gasteiger partial charge on any atom is 0.150 e. The van der Waals surface area contributed by atoms with Gasteiger partial charge in [0.1, 0.15) is 12.6 Å². The van der Waals surface area contributed by atoms with Gasteiger partial charge in [0.05, 0.1) is 0 Å². The van der Waals surface area contributed by atoms with Gasteiger partial charge in [0.2, 0.25) is 0 Å². The molecule has 16 heavy (non-hydrogen) atoms. The molecule has 1 rings (SSSR count). The summed E-state index contributed by atoms with van der Waals surface area (Å²) in [6, 6.07) is 5.09. The van der Waals surface area contributed by atoms with Gasteiger partial charge in [-0.1, -0.05) is 12.2 Å². The molecule has 1 N–H and O–H groups in total. The number of rotatable bonds is 6. The largest absolute Gasteiger partial charge is 0.319 e. The molecule has 3 nitrogen and oxygen atoms in total. The average Bonchev–Trinajstić information content (AvgIpc) is 2.34. The van der Waals surface area contributed by atoms with Crippen LogP contribution < -0.4 is 5.32 Å². The van der Waals surface area contributed by atoms with Crippen LogP contribution in [0.1, 0.15) is 32.7 Å². The summed E-state index contributed by atoms with van der Waals surface area (Å²) in [5, 5.41) is 3.04. The molecule has 0 aromatic heterocycles. The molecule has 0 bridgehead atoms. The smallest absolute Gasteiger partial charge is 0.150 e.